The highest BCUT2D eigenvalue weighted by molar-refractivity contribution is 5.97. The second-order valence-electron chi connectivity index (χ2n) is 8.03. The van der Waals surface area contributed by atoms with Gasteiger partial charge < -0.3 is 15.5 Å². The first kappa shape index (κ1) is 22.5. The van der Waals surface area contributed by atoms with Crippen molar-refractivity contribution in [3.63, 3.8) is 0 Å². The van der Waals surface area contributed by atoms with Gasteiger partial charge in [-0.05, 0) is 61.4 Å². The molecule has 3 amide bonds. The van der Waals surface area contributed by atoms with Gasteiger partial charge in [0.15, 0.2) is 5.78 Å². The molecule has 6 nitrogen and oxygen atoms in total. The van der Waals surface area contributed by atoms with E-state index in [9.17, 15) is 18.8 Å². The molecular weight excluding hydrogens is 397 g/mol. The number of anilines is 1. The summed E-state index contributed by atoms with van der Waals surface area (Å²) in [4.78, 5) is 38.0. The smallest absolute Gasteiger partial charge is 0.319 e. The molecule has 1 fully saturated rings. The van der Waals surface area contributed by atoms with Crippen LogP contribution in [0.3, 0.4) is 0 Å². The van der Waals surface area contributed by atoms with Crippen molar-refractivity contribution in [1.29, 1.82) is 0 Å². The summed E-state index contributed by atoms with van der Waals surface area (Å²) in [5.41, 5.74) is 2.05. The summed E-state index contributed by atoms with van der Waals surface area (Å²) in [6, 6.07) is 12.7. The van der Waals surface area contributed by atoms with Crippen LogP contribution in [-0.4, -0.2) is 42.3 Å². The lowest BCUT2D eigenvalue weighted by Crippen LogP contribution is -2.46. The highest BCUT2D eigenvalue weighted by Crippen LogP contribution is 2.31. The number of Topliss-reactive ketones (excluding diaryl/α,β-unsaturated/α-hetero) is 1. The van der Waals surface area contributed by atoms with Crippen LogP contribution < -0.4 is 10.6 Å². The molecule has 1 aliphatic heterocycles. The molecular formula is C24H28FN3O3. The fourth-order valence-corrected chi connectivity index (χ4v) is 3.94. The molecule has 2 atom stereocenters. The normalized spacial score (nSPS) is 17.0. The van der Waals surface area contributed by atoms with Gasteiger partial charge in [0, 0.05) is 24.3 Å². The molecule has 2 aromatic carbocycles. The van der Waals surface area contributed by atoms with Gasteiger partial charge >= 0.3 is 6.03 Å². The van der Waals surface area contributed by atoms with Crippen molar-refractivity contribution in [1.82, 2.24) is 10.2 Å². The van der Waals surface area contributed by atoms with Gasteiger partial charge in [0.1, 0.15) is 5.82 Å². The Hall–Kier alpha value is -3.22. The maximum atomic E-state index is 13.2. The molecule has 7 heteroatoms. The molecule has 2 N–H and O–H groups in total. The highest BCUT2D eigenvalue weighted by Gasteiger charge is 2.28. The number of nitrogens with zero attached hydrogens (tertiary/aromatic N) is 1. The maximum Gasteiger partial charge on any atom is 0.319 e. The molecule has 0 radical (unpaired) electrons. The van der Waals surface area contributed by atoms with Crippen LogP contribution in [0.1, 0.15) is 48.5 Å². The lowest BCUT2D eigenvalue weighted by Gasteiger charge is -2.36. The molecule has 1 heterocycles. The number of amides is 3. The topological polar surface area (TPSA) is 78.5 Å². The predicted octanol–water partition coefficient (Wildman–Crippen LogP) is 4.19. The summed E-state index contributed by atoms with van der Waals surface area (Å²) in [5.74, 6) is 0.0125. The van der Waals surface area contributed by atoms with E-state index in [1.54, 1.807) is 41.3 Å². The van der Waals surface area contributed by atoms with E-state index >= 15 is 0 Å². The number of carbonyl (C=O) groups excluding carboxylic acids is 3. The number of nitrogens with one attached hydrogen (secondary N) is 2. The number of hydrogen-bond donors (Lipinski definition) is 2. The van der Waals surface area contributed by atoms with Crippen molar-refractivity contribution in [3.05, 3.63) is 65.5 Å². The first-order chi connectivity index (χ1) is 14.8. The summed E-state index contributed by atoms with van der Waals surface area (Å²) in [7, 11) is 0. The van der Waals surface area contributed by atoms with Crippen LogP contribution in [0.15, 0.2) is 48.5 Å². The largest absolute Gasteiger partial charge is 0.341 e. The Balaban J connectivity index is 1.50. The molecule has 0 saturated carbocycles. The van der Waals surface area contributed by atoms with Crippen LogP contribution in [0.5, 0.6) is 0 Å². The Bertz CT molecular complexity index is 945. The van der Waals surface area contributed by atoms with Gasteiger partial charge in [0.2, 0.25) is 5.91 Å². The zero-order valence-corrected chi connectivity index (χ0v) is 17.9. The summed E-state index contributed by atoms with van der Waals surface area (Å²) in [6.07, 6.45) is 1.90. The van der Waals surface area contributed by atoms with Gasteiger partial charge in [0.05, 0.1) is 6.54 Å². The van der Waals surface area contributed by atoms with Crippen LogP contribution in [0, 0.1) is 11.7 Å². The van der Waals surface area contributed by atoms with Crippen molar-refractivity contribution in [3.8, 4) is 0 Å². The van der Waals surface area contributed by atoms with E-state index in [0.29, 0.717) is 24.3 Å². The molecule has 0 spiro atoms. The number of carbonyl (C=O) groups is 3. The summed E-state index contributed by atoms with van der Waals surface area (Å²) in [5, 5.41) is 5.24. The quantitative estimate of drug-likeness (QED) is 0.681. The summed E-state index contributed by atoms with van der Waals surface area (Å²) >= 11 is 0. The molecule has 31 heavy (non-hydrogen) atoms. The Morgan fingerprint density at radius 1 is 1.16 bits per heavy atom. The van der Waals surface area contributed by atoms with Gasteiger partial charge in [-0.2, -0.15) is 0 Å². The molecule has 2 aromatic rings. The number of piperidine rings is 1. The van der Waals surface area contributed by atoms with Crippen LogP contribution >= 0.6 is 0 Å². The van der Waals surface area contributed by atoms with Crippen LogP contribution in [-0.2, 0) is 4.79 Å². The van der Waals surface area contributed by atoms with E-state index in [4.69, 9.17) is 0 Å². The van der Waals surface area contributed by atoms with Gasteiger partial charge in [0.25, 0.3) is 0 Å². The van der Waals surface area contributed by atoms with Crippen LogP contribution in [0.4, 0.5) is 14.9 Å². The van der Waals surface area contributed by atoms with Crippen molar-refractivity contribution < 1.29 is 18.8 Å². The molecule has 1 unspecified atom stereocenters. The Morgan fingerprint density at radius 3 is 2.61 bits per heavy atom. The minimum atomic E-state index is -0.498. The van der Waals surface area contributed by atoms with Crippen molar-refractivity contribution in [2.24, 2.45) is 5.92 Å². The third-order valence-corrected chi connectivity index (χ3v) is 5.84. The molecule has 1 saturated heterocycles. The number of rotatable bonds is 6. The maximum absolute atomic E-state index is 13.2. The van der Waals surface area contributed by atoms with Crippen LogP contribution in [0.2, 0.25) is 0 Å². The predicted molar refractivity (Wildman–Crippen MR) is 118 cm³/mol. The van der Waals surface area contributed by atoms with Crippen molar-refractivity contribution >= 4 is 23.4 Å². The van der Waals surface area contributed by atoms with Gasteiger partial charge in [-0.1, -0.05) is 31.2 Å². The summed E-state index contributed by atoms with van der Waals surface area (Å²) in [6.45, 7) is 4.74. The van der Waals surface area contributed by atoms with E-state index in [1.165, 1.54) is 19.1 Å². The number of hydrogen-bond acceptors (Lipinski definition) is 3. The molecule has 3 rings (SSSR count). The number of likely N-dealkylation sites (tertiary alicyclic amines) is 1. The van der Waals surface area contributed by atoms with E-state index in [1.807, 2.05) is 0 Å². The lowest BCUT2D eigenvalue weighted by atomic mass is 9.82. The van der Waals surface area contributed by atoms with E-state index in [2.05, 4.69) is 17.6 Å². The average Bonchev–Trinajstić information content (AvgIpc) is 2.77. The third-order valence-electron chi connectivity index (χ3n) is 5.84. The first-order valence-corrected chi connectivity index (χ1v) is 10.5. The fraction of sp³-hybridized carbons (Fsp3) is 0.375. The standard InChI is InChI=1S/C24H28FN3O3/c1-16(18-8-10-21(25)11-9-18)20-6-4-12-28(15-20)23(30)14-26-24(31)27-22-7-3-5-19(13-22)17(2)29/h3,5,7-11,13,16,20H,4,6,12,14-15H2,1-2H3,(H2,26,27,31)/t16?,20-/m1/s1. The first-order valence-electron chi connectivity index (χ1n) is 10.5. The van der Waals surface area contributed by atoms with Gasteiger partial charge in [-0.15, -0.1) is 0 Å². The molecule has 164 valence electrons. The SMILES string of the molecule is CC(=O)c1cccc(NC(=O)NCC(=O)N2CCC[C@@H](C(C)c3ccc(F)cc3)C2)c1. The zero-order chi connectivity index (χ0) is 22.4. The third kappa shape index (κ3) is 6.13. The monoisotopic (exact) mass is 425 g/mol. The minimum Gasteiger partial charge on any atom is -0.341 e. The summed E-state index contributed by atoms with van der Waals surface area (Å²) < 4.78 is 13.2. The van der Waals surface area contributed by atoms with Gasteiger partial charge in [-0.25, -0.2) is 9.18 Å². The second-order valence-corrected chi connectivity index (χ2v) is 8.03. The van der Waals surface area contributed by atoms with Gasteiger partial charge in [-0.3, -0.25) is 9.59 Å². The second kappa shape index (κ2) is 10.2. The highest BCUT2D eigenvalue weighted by atomic mass is 19.1. The number of ketones is 1. The molecule has 1 aliphatic rings. The molecule has 0 aliphatic carbocycles. The zero-order valence-electron chi connectivity index (χ0n) is 17.9. The Labute approximate surface area is 181 Å². The molecule has 0 aromatic heterocycles. The fourth-order valence-electron chi connectivity index (χ4n) is 3.94. The minimum absolute atomic E-state index is 0.0891. The van der Waals surface area contributed by atoms with E-state index in [-0.39, 0.29) is 35.9 Å². The van der Waals surface area contributed by atoms with E-state index < -0.39 is 6.03 Å². The average molecular weight is 426 g/mol. The Morgan fingerprint density at radius 2 is 1.90 bits per heavy atom. The van der Waals surface area contributed by atoms with E-state index in [0.717, 1.165) is 18.4 Å². The number of benzene rings is 2. The van der Waals surface area contributed by atoms with Crippen LogP contribution in [0.25, 0.3) is 0 Å². The molecule has 0 bridgehead atoms. The lowest BCUT2D eigenvalue weighted by molar-refractivity contribution is -0.132. The number of urea groups is 1. The Kier molecular flexibility index (Phi) is 7.39. The number of halogens is 1. The van der Waals surface area contributed by atoms with Crippen molar-refractivity contribution in [2.45, 2.75) is 32.6 Å². The van der Waals surface area contributed by atoms with Crippen molar-refractivity contribution in [2.75, 3.05) is 25.0 Å².